The largest absolute Gasteiger partial charge is 0.493 e. The van der Waals surface area contributed by atoms with Gasteiger partial charge in [0, 0.05) is 18.0 Å². The van der Waals surface area contributed by atoms with E-state index < -0.39 is 0 Å². The Kier molecular flexibility index (Phi) is 3.91. The lowest BCUT2D eigenvalue weighted by atomic mass is 10.3. The lowest BCUT2D eigenvalue weighted by Crippen LogP contribution is -1.99. The van der Waals surface area contributed by atoms with Crippen LogP contribution in [0, 0.1) is 11.7 Å². The van der Waals surface area contributed by atoms with Crippen molar-refractivity contribution in [2.75, 3.05) is 6.61 Å². The molecule has 2 heterocycles. The Morgan fingerprint density at radius 1 is 1.26 bits per heavy atom. The highest BCUT2D eigenvalue weighted by Gasteiger charge is 2.21. The smallest absolute Gasteiger partial charge is 0.166 e. The number of pyridine rings is 1. The lowest BCUT2D eigenvalue weighted by molar-refractivity contribution is 0.299. The molecule has 0 aliphatic heterocycles. The molecule has 0 amide bonds. The van der Waals surface area contributed by atoms with Crippen LogP contribution in [-0.4, -0.2) is 21.6 Å². The molecule has 3 aromatic rings. The SMILES string of the molecule is Fc1ccc2nc(SCc3cc(OCC4CC4)ccn3)[nH]c2c1. The van der Waals surface area contributed by atoms with Gasteiger partial charge in [0.1, 0.15) is 11.6 Å². The number of H-pyrrole nitrogens is 1. The molecule has 1 fully saturated rings. The second-order valence-corrected chi connectivity index (χ2v) is 6.69. The molecular formula is C17H16FN3OS. The van der Waals surface area contributed by atoms with E-state index in [4.69, 9.17) is 4.74 Å². The van der Waals surface area contributed by atoms with Gasteiger partial charge in [-0.3, -0.25) is 4.98 Å². The second kappa shape index (κ2) is 6.20. The molecule has 1 aromatic carbocycles. The lowest BCUT2D eigenvalue weighted by Gasteiger charge is -2.06. The van der Waals surface area contributed by atoms with Crippen LogP contribution in [0.2, 0.25) is 0 Å². The number of nitrogens with one attached hydrogen (secondary N) is 1. The molecule has 4 nitrogen and oxygen atoms in total. The molecule has 2 aromatic heterocycles. The number of hydrogen-bond acceptors (Lipinski definition) is 4. The fourth-order valence-electron chi connectivity index (χ4n) is 2.29. The molecule has 1 saturated carbocycles. The summed E-state index contributed by atoms with van der Waals surface area (Å²) in [6, 6.07) is 8.41. The van der Waals surface area contributed by atoms with E-state index in [0.717, 1.165) is 34.6 Å². The predicted molar refractivity (Wildman–Crippen MR) is 88.1 cm³/mol. The van der Waals surface area contributed by atoms with Gasteiger partial charge in [0.15, 0.2) is 5.16 Å². The van der Waals surface area contributed by atoms with E-state index in [1.165, 1.54) is 25.0 Å². The van der Waals surface area contributed by atoms with E-state index >= 15 is 0 Å². The van der Waals surface area contributed by atoms with Crippen LogP contribution in [0.5, 0.6) is 5.75 Å². The summed E-state index contributed by atoms with van der Waals surface area (Å²) in [5.41, 5.74) is 2.42. The summed E-state index contributed by atoms with van der Waals surface area (Å²) in [6.07, 6.45) is 4.33. The Labute approximate surface area is 137 Å². The number of thioether (sulfide) groups is 1. The minimum Gasteiger partial charge on any atom is -0.493 e. The molecule has 0 spiro atoms. The maximum absolute atomic E-state index is 13.2. The molecule has 1 aliphatic rings. The number of aromatic amines is 1. The average Bonchev–Trinajstić information content (AvgIpc) is 3.30. The van der Waals surface area contributed by atoms with E-state index in [1.807, 2.05) is 12.1 Å². The van der Waals surface area contributed by atoms with Gasteiger partial charge in [-0.2, -0.15) is 0 Å². The Hall–Kier alpha value is -2.08. The van der Waals surface area contributed by atoms with Crippen LogP contribution in [0.1, 0.15) is 18.5 Å². The van der Waals surface area contributed by atoms with Crippen molar-refractivity contribution in [2.24, 2.45) is 5.92 Å². The Morgan fingerprint density at radius 2 is 2.17 bits per heavy atom. The molecule has 0 bridgehead atoms. The molecule has 118 valence electrons. The molecule has 4 rings (SSSR count). The van der Waals surface area contributed by atoms with Gasteiger partial charge in [-0.15, -0.1) is 0 Å². The van der Waals surface area contributed by atoms with Crippen LogP contribution in [0.3, 0.4) is 0 Å². The molecule has 0 atom stereocenters. The standard InChI is InChI=1S/C17H16FN3OS/c18-12-3-4-15-16(7-12)21-17(20-15)23-10-13-8-14(5-6-19-13)22-9-11-1-2-11/h3-8,11H,1-2,9-10H2,(H,20,21). The number of benzene rings is 1. The molecule has 1 aliphatic carbocycles. The van der Waals surface area contributed by atoms with E-state index in [2.05, 4.69) is 15.0 Å². The number of aromatic nitrogens is 3. The van der Waals surface area contributed by atoms with Gasteiger partial charge in [-0.05, 0) is 43.0 Å². The minimum absolute atomic E-state index is 0.264. The third kappa shape index (κ3) is 3.64. The van der Waals surface area contributed by atoms with E-state index in [1.54, 1.807) is 24.0 Å². The van der Waals surface area contributed by atoms with Crippen molar-refractivity contribution in [1.29, 1.82) is 0 Å². The van der Waals surface area contributed by atoms with Gasteiger partial charge in [-0.25, -0.2) is 9.37 Å². The van der Waals surface area contributed by atoms with Crippen molar-refractivity contribution < 1.29 is 9.13 Å². The summed E-state index contributed by atoms with van der Waals surface area (Å²) >= 11 is 1.54. The Morgan fingerprint density at radius 3 is 3.04 bits per heavy atom. The van der Waals surface area contributed by atoms with Crippen LogP contribution in [0.4, 0.5) is 4.39 Å². The number of imidazole rings is 1. The number of halogens is 1. The van der Waals surface area contributed by atoms with Crippen molar-refractivity contribution in [3.63, 3.8) is 0 Å². The highest BCUT2D eigenvalue weighted by molar-refractivity contribution is 7.98. The molecule has 0 radical (unpaired) electrons. The summed E-state index contributed by atoms with van der Waals surface area (Å²) in [5, 5.41) is 0.761. The monoisotopic (exact) mass is 329 g/mol. The number of nitrogens with zero attached hydrogens (tertiary/aromatic N) is 2. The van der Waals surface area contributed by atoms with Crippen LogP contribution < -0.4 is 4.74 Å². The molecule has 0 saturated heterocycles. The van der Waals surface area contributed by atoms with Gasteiger partial charge >= 0.3 is 0 Å². The summed E-state index contributed by atoms with van der Waals surface area (Å²) in [6.45, 7) is 0.797. The van der Waals surface area contributed by atoms with E-state index in [-0.39, 0.29) is 5.82 Å². The third-order valence-electron chi connectivity index (χ3n) is 3.75. The summed E-state index contributed by atoms with van der Waals surface area (Å²) in [4.78, 5) is 11.9. The van der Waals surface area contributed by atoms with Crippen LogP contribution in [0.25, 0.3) is 11.0 Å². The maximum Gasteiger partial charge on any atom is 0.166 e. The van der Waals surface area contributed by atoms with Crippen molar-refractivity contribution in [3.05, 3.63) is 48.0 Å². The summed E-state index contributed by atoms with van der Waals surface area (Å²) in [7, 11) is 0. The maximum atomic E-state index is 13.2. The molecule has 1 N–H and O–H groups in total. The normalized spacial score (nSPS) is 14.3. The van der Waals surface area contributed by atoms with Crippen molar-refractivity contribution in [3.8, 4) is 5.75 Å². The number of ether oxygens (including phenoxy) is 1. The van der Waals surface area contributed by atoms with Gasteiger partial charge < -0.3 is 9.72 Å². The number of rotatable bonds is 6. The molecule has 0 unspecified atom stereocenters. The van der Waals surface area contributed by atoms with Gasteiger partial charge in [-0.1, -0.05) is 11.8 Å². The first kappa shape index (κ1) is 14.5. The Balaban J connectivity index is 1.41. The fourth-order valence-corrected chi connectivity index (χ4v) is 3.08. The quantitative estimate of drug-likeness (QED) is 0.689. The second-order valence-electron chi connectivity index (χ2n) is 5.73. The molecule has 6 heteroatoms. The number of hydrogen-bond donors (Lipinski definition) is 1. The van der Waals surface area contributed by atoms with Gasteiger partial charge in [0.25, 0.3) is 0 Å². The highest BCUT2D eigenvalue weighted by Crippen LogP contribution is 2.30. The van der Waals surface area contributed by atoms with E-state index in [0.29, 0.717) is 11.3 Å². The van der Waals surface area contributed by atoms with Gasteiger partial charge in [0.2, 0.25) is 0 Å². The minimum atomic E-state index is -0.264. The van der Waals surface area contributed by atoms with Crippen LogP contribution in [0.15, 0.2) is 41.7 Å². The molecular weight excluding hydrogens is 313 g/mol. The average molecular weight is 329 g/mol. The highest BCUT2D eigenvalue weighted by atomic mass is 32.2. The summed E-state index contributed by atoms with van der Waals surface area (Å²) < 4.78 is 19.0. The zero-order valence-electron chi connectivity index (χ0n) is 12.5. The number of fused-ring (bicyclic) bond motifs is 1. The van der Waals surface area contributed by atoms with Crippen molar-refractivity contribution in [1.82, 2.24) is 15.0 Å². The predicted octanol–water partition coefficient (Wildman–Crippen LogP) is 4.18. The third-order valence-corrected chi connectivity index (χ3v) is 4.66. The van der Waals surface area contributed by atoms with Crippen LogP contribution >= 0.6 is 11.8 Å². The van der Waals surface area contributed by atoms with Crippen molar-refractivity contribution in [2.45, 2.75) is 23.8 Å². The topological polar surface area (TPSA) is 50.8 Å². The van der Waals surface area contributed by atoms with E-state index in [9.17, 15) is 4.39 Å². The Bertz CT molecular complexity index is 832. The fraction of sp³-hybridized carbons (Fsp3) is 0.294. The first-order chi connectivity index (χ1) is 11.3. The summed E-state index contributed by atoms with van der Waals surface area (Å²) in [5.74, 6) is 2.02. The first-order valence-electron chi connectivity index (χ1n) is 7.62. The zero-order valence-corrected chi connectivity index (χ0v) is 13.3. The molecule has 23 heavy (non-hydrogen) atoms. The zero-order chi connectivity index (χ0) is 15.6. The van der Waals surface area contributed by atoms with Crippen molar-refractivity contribution >= 4 is 22.8 Å². The van der Waals surface area contributed by atoms with Crippen LogP contribution in [-0.2, 0) is 5.75 Å². The van der Waals surface area contributed by atoms with Gasteiger partial charge in [0.05, 0.1) is 23.3 Å². The first-order valence-corrected chi connectivity index (χ1v) is 8.60.